The van der Waals surface area contributed by atoms with Crippen LogP contribution in [0.25, 0.3) is 0 Å². The lowest BCUT2D eigenvalue weighted by Gasteiger charge is -2.10. The number of esters is 1. The smallest absolute Gasteiger partial charge is 0.322 e. The van der Waals surface area contributed by atoms with E-state index in [9.17, 15) is 14.9 Å². The van der Waals surface area contributed by atoms with Gasteiger partial charge in [-0.15, -0.1) is 10.1 Å². The van der Waals surface area contributed by atoms with Crippen molar-refractivity contribution in [3.8, 4) is 0 Å². The monoisotopic (exact) mass is 249 g/mol. The third-order valence-electron chi connectivity index (χ3n) is 2.00. The molecule has 0 radical (unpaired) electrons. The number of hydrogen-bond acceptors (Lipinski definition) is 7. The van der Waals surface area contributed by atoms with E-state index in [0.29, 0.717) is 13.0 Å². The van der Waals surface area contributed by atoms with Gasteiger partial charge in [0.1, 0.15) is 6.04 Å². The molecule has 0 aromatic rings. The van der Waals surface area contributed by atoms with Crippen molar-refractivity contribution >= 4 is 5.97 Å². The number of carbonyl (C=O) groups is 1. The summed E-state index contributed by atoms with van der Waals surface area (Å²) in [5, 5.41) is 8.91. The molecule has 0 spiro atoms. The van der Waals surface area contributed by atoms with Gasteiger partial charge in [0.2, 0.25) is 0 Å². The molecule has 1 unspecified atom stereocenters. The van der Waals surface area contributed by atoms with Gasteiger partial charge in [-0.3, -0.25) is 4.79 Å². The van der Waals surface area contributed by atoms with E-state index >= 15 is 0 Å². The van der Waals surface area contributed by atoms with Crippen LogP contribution in [0.5, 0.6) is 0 Å². The van der Waals surface area contributed by atoms with E-state index in [-0.39, 0.29) is 19.6 Å². The molecule has 100 valence electrons. The van der Waals surface area contributed by atoms with Crippen LogP contribution in [0.3, 0.4) is 0 Å². The Morgan fingerprint density at radius 2 is 2.00 bits per heavy atom. The minimum Gasteiger partial charge on any atom is -0.464 e. The molecule has 0 heterocycles. The van der Waals surface area contributed by atoms with Crippen LogP contribution < -0.4 is 11.5 Å². The molecule has 8 nitrogen and oxygen atoms in total. The van der Waals surface area contributed by atoms with Gasteiger partial charge in [0.05, 0.1) is 13.2 Å². The van der Waals surface area contributed by atoms with E-state index in [1.165, 1.54) is 0 Å². The van der Waals surface area contributed by atoms with E-state index in [1.54, 1.807) is 0 Å². The average Bonchev–Trinajstić information content (AvgIpc) is 2.28. The molecule has 0 rings (SSSR count). The standard InChI is InChI=1S/C9H19N3O5/c10-5-2-1-4-8(11)9(13)16-6-3-7-17-12(14)15/h8H,1-7,10-11H2. The molecule has 8 heteroatoms. The van der Waals surface area contributed by atoms with Crippen LogP contribution in [0, 0.1) is 10.1 Å². The van der Waals surface area contributed by atoms with E-state index in [0.717, 1.165) is 12.8 Å². The third kappa shape index (κ3) is 9.52. The average molecular weight is 249 g/mol. The number of carbonyl (C=O) groups excluding carboxylic acids is 1. The number of hydrogen-bond donors (Lipinski definition) is 2. The number of nitrogens with two attached hydrogens (primary N) is 2. The predicted octanol–water partition coefficient (Wildman–Crippen LogP) is -0.416. The van der Waals surface area contributed by atoms with E-state index in [1.807, 2.05) is 0 Å². The molecule has 0 saturated heterocycles. The highest BCUT2D eigenvalue weighted by molar-refractivity contribution is 5.75. The highest BCUT2D eigenvalue weighted by Gasteiger charge is 2.13. The lowest BCUT2D eigenvalue weighted by atomic mass is 10.1. The lowest BCUT2D eigenvalue weighted by Crippen LogP contribution is -2.32. The number of ether oxygens (including phenoxy) is 1. The predicted molar refractivity (Wildman–Crippen MR) is 59.4 cm³/mol. The summed E-state index contributed by atoms with van der Waals surface area (Å²) in [5.74, 6) is -0.497. The normalized spacial score (nSPS) is 11.9. The minimum atomic E-state index is -0.889. The second-order valence-corrected chi connectivity index (χ2v) is 3.47. The van der Waals surface area contributed by atoms with Gasteiger partial charge in [0, 0.05) is 6.42 Å². The van der Waals surface area contributed by atoms with Gasteiger partial charge >= 0.3 is 5.97 Å². The first-order valence-corrected chi connectivity index (χ1v) is 5.47. The zero-order chi connectivity index (χ0) is 13.1. The van der Waals surface area contributed by atoms with Crippen LogP contribution in [-0.4, -0.2) is 36.9 Å². The first-order valence-electron chi connectivity index (χ1n) is 5.47. The zero-order valence-electron chi connectivity index (χ0n) is 9.67. The van der Waals surface area contributed by atoms with Crippen molar-refractivity contribution in [2.45, 2.75) is 31.7 Å². The van der Waals surface area contributed by atoms with Gasteiger partial charge in [-0.1, -0.05) is 6.42 Å². The van der Waals surface area contributed by atoms with Gasteiger partial charge in [0.25, 0.3) is 5.09 Å². The second-order valence-electron chi connectivity index (χ2n) is 3.47. The summed E-state index contributed by atoms with van der Waals surface area (Å²) in [6, 6.07) is -0.655. The lowest BCUT2D eigenvalue weighted by molar-refractivity contribution is -0.757. The van der Waals surface area contributed by atoms with Gasteiger partial charge in [-0.25, -0.2) is 0 Å². The van der Waals surface area contributed by atoms with Gasteiger partial charge < -0.3 is 21.0 Å². The molecule has 4 N–H and O–H groups in total. The van der Waals surface area contributed by atoms with Crippen LogP contribution in [0.1, 0.15) is 25.7 Å². The van der Waals surface area contributed by atoms with Crippen LogP contribution in [0.2, 0.25) is 0 Å². The summed E-state index contributed by atoms with van der Waals surface area (Å²) in [5.41, 5.74) is 10.9. The van der Waals surface area contributed by atoms with Gasteiger partial charge in [0.15, 0.2) is 0 Å². The largest absolute Gasteiger partial charge is 0.464 e. The summed E-state index contributed by atoms with van der Waals surface area (Å²) in [6.07, 6.45) is 2.39. The van der Waals surface area contributed by atoms with E-state index < -0.39 is 17.1 Å². The fraction of sp³-hybridized carbons (Fsp3) is 0.889. The van der Waals surface area contributed by atoms with Crippen molar-refractivity contribution in [3.05, 3.63) is 10.1 Å². The number of unbranched alkanes of at least 4 members (excludes halogenated alkanes) is 1. The molecule has 1 atom stereocenters. The molecule has 0 aromatic heterocycles. The Labute approximate surface area is 99.3 Å². The fourth-order valence-electron chi connectivity index (χ4n) is 1.10. The fourth-order valence-corrected chi connectivity index (χ4v) is 1.10. The van der Waals surface area contributed by atoms with Crippen LogP contribution >= 0.6 is 0 Å². The van der Waals surface area contributed by atoms with Gasteiger partial charge in [-0.05, 0) is 19.4 Å². The van der Waals surface area contributed by atoms with Crippen molar-refractivity contribution in [2.75, 3.05) is 19.8 Å². The van der Waals surface area contributed by atoms with Crippen LogP contribution in [0.15, 0.2) is 0 Å². The molecule has 0 bridgehead atoms. The Kier molecular flexibility index (Phi) is 8.98. The number of rotatable bonds is 10. The maximum atomic E-state index is 11.3. The molecular formula is C9H19N3O5. The van der Waals surface area contributed by atoms with E-state index in [2.05, 4.69) is 4.84 Å². The topological polar surface area (TPSA) is 131 Å². The second kappa shape index (κ2) is 9.79. The molecule has 0 aliphatic heterocycles. The molecule has 0 aliphatic rings. The molecule has 0 fully saturated rings. The molecule has 0 saturated carbocycles. The Hall–Kier alpha value is -1.41. The maximum absolute atomic E-state index is 11.3. The van der Waals surface area contributed by atoms with E-state index in [4.69, 9.17) is 16.2 Å². The molecule has 0 aliphatic carbocycles. The van der Waals surface area contributed by atoms with Crippen LogP contribution in [0.4, 0.5) is 0 Å². The van der Waals surface area contributed by atoms with Gasteiger partial charge in [-0.2, -0.15) is 0 Å². The Morgan fingerprint density at radius 1 is 1.29 bits per heavy atom. The molecule has 0 amide bonds. The first kappa shape index (κ1) is 15.6. The van der Waals surface area contributed by atoms with Crippen molar-refractivity contribution in [1.82, 2.24) is 0 Å². The van der Waals surface area contributed by atoms with Crippen molar-refractivity contribution < 1.29 is 19.5 Å². The Balaban J connectivity index is 3.47. The first-order chi connectivity index (χ1) is 8.07. The summed E-state index contributed by atoms with van der Waals surface area (Å²) >= 11 is 0. The minimum absolute atomic E-state index is 0.0667. The Morgan fingerprint density at radius 3 is 2.59 bits per heavy atom. The summed E-state index contributed by atoms with van der Waals surface area (Å²) in [6.45, 7) is 0.542. The summed E-state index contributed by atoms with van der Waals surface area (Å²) in [7, 11) is 0. The van der Waals surface area contributed by atoms with Crippen molar-refractivity contribution in [3.63, 3.8) is 0 Å². The highest BCUT2D eigenvalue weighted by Crippen LogP contribution is 2.00. The summed E-state index contributed by atoms with van der Waals surface area (Å²) in [4.78, 5) is 25.1. The van der Waals surface area contributed by atoms with Crippen LogP contribution in [-0.2, 0) is 14.4 Å². The maximum Gasteiger partial charge on any atom is 0.322 e. The quantitative estimate of drug-likeness (QED) is 0.233. The van der Waals surface area contributed by atoms with Crippen molar-refractivity contribution in [1.29, 1.82) is 0 Å². The molecule has 0 aromatic carbocycles. The molecular weight excluding hydrogens is 230 g/mol. The Bertz CT molecular complexity index is 237. The zero-order valence-corrected chi connectivity index (χ0v) is 9.67. The third-order valence-corrected chi connectivity index (χ3v) is 2.00. The highest BCUT2D eigenvalue weighted by atomic mass is 16.9. The summed E-state index contributed by atoms with van der Waals surface area (Å²) < 4.78 is 4.82. The van der Waals surface area contributed by atoms with Crippen molar-refractivity contribution in [2.24, 2.45) is 11.5 Å². The molecule has 17 heavy (non-hydrogen) atoms. The SMILES string of the molecule is NCCCCC(N)C(=O)OCCCO[N+](=O)[O-]. The number of nitrogens with zero attached hydrogens (tertiary/aromatic N) is 1.